The average molecular weight is 674 g/mol. The number of benzene rings is 2. The fourth-order valence-corrected chi connectivity index (χ4v) is 5.53. The van der Waals surface area contributed by atoms with Crippen LogP contribution in [-0.2, 0) is 33.1 Å². The molecule has 2 heterocycles. The van der Waals surface area contributed by atoms with Crippen LogP contribution in [0.25, 0.3) is 5.69 Å². The molecule has 0 radical (unpaired) electrons. The van der Waals surface area contributed by atoms with E-state index in [2.05, 4.69) is 10.5 Å². The Hall–Kier alpha value is -4.93. The summed E-state index contributed by atoms with van der Waals surface area (Å²) in [7, 11) is -3.67. The molecule has 246 valence electrons. The van der Waals surface area contributed by atoms with E-state index in [1.165, 1.54) is 48.5 Å². The molecule has 2 aromatic carbocycles. The number of aromatic nitrogens is 2. The molecule has 17 heteroatoms. The predicted octanol–water partition coefficient (Wildman–Crippen LogP) is 5.31. The Morgan fingerprint density at radius 2 is 1.57 bits per heavy atom. The van der Waals surface area contributed by atoms with Gasteiger partial charge in [-0.05, 0) is 68.8 Å². The molecule has 0 bridgehead atoms. The number of aryl methyl sites for hydroxylation is 3. The number of hydrogen-bond donors (Lipinski definition) is 2. The van der Waals surface area contributed by atoms with Crippen LogP contribution in [0.3, 0.4) is 0 Å². The second-order valence-corrected chi connectivity index (χ2v) is 11.8. The lowest BCUT2D eigenvalue weighted by Gasteiger charge is -2.14. The number of rotatable bonds is 7. The van der Waals surface area contributed by atoms with Gasteiger partial charge in [0.15, 0.2) is 9.84 Å². The summed E-state index contributed by atoms with van der Waals surface area (Å²) < 4.78 is 103. The predicted molar refractivity (Wildman–Crippen MR) is 150 cm³/mol. The zero-order valence-corrected chi connectivity index (χ0v) is 25.0. The third-order valence-corrected chi connectivity index (χ3v) is 8.11. The number of pyridine rings is 1. The number of hydrogen-bond acceptors (Lipinski definition) is 7. The van der Waals surface area contributed by atoms with Gasteiger partial charge in [-0.3, -0.25) is 14.2 Å². The second kappa shape index (κ2) is 13.6. The number of halogens is 6. The monoisotopic (exact) mass is 673 g/mol. The summed E-state index contributed by atoms with van der Waals surface area (Å²) in [5.74, 6) is -3.32. The molecule has 10 nitrogen and oxygen atoms in total. The van der Waals surface area contributed by atoms with Gasteiger partial charge in [0.05, 0.1) is 21.9 Å². The number of carbonyl (C=O) groups is 2. The van der Waals surface area contributed by atoms with E-state index >= 15 is 0 Å². The Kier molecular flexibility index (Phi) is 10.5. The van der Waals surface area contributed by atoms with Crippen LogP contribution in [0.1, 0.15) is 44.2 Å². The van der Waals surface area contributed by atoms with Gasteiger partial charge in [0, 0.05) is 23.5 Å². The summed E-state index contributed by atoms with van der Waals surface area (Å²) in [6, 6.07) is 13.0. The van der Waals surface area contributed by atoms with E-state index in [9.17, 15) is 44.3 Å². The first-order chi connectivity index (χ1) is 21.2. The van der Waals surface area contributed by atoms with Gasteiger partial charge in [-0.15, -0.1) is 0 Å². The number of nitrogens with zero attached hydrogens (tertiary/aromatic N) is 2. The first-order valence-corrected chi connectivity index (χ1v) is 14.6. The van der Waals surface area contributed by atoms with Gasteiger partial charge < -0.3 is 14.9 Å². The Labute approximate surface area is 257 Å². The highest BCUT2D eigenvalue weighted by molar-refractivity contribution is 7.90. The molecule has 0 atom stereocenters. The van der Waals surface area contributed by atoms with E-state index in [1.54, 1.807) is 20.8 Å². The van der Waals surface area contributed by atoms with E-state index in [1.807, 2.05) is 0 Å². The maximum atomic E-state index is 13.2. The third kappa shape index (κ3) is 8.62. The van der Waals surface area contributed by atoms with Gasteiger partial charge in [0.1, 0.15) is 11.3 Å². The van der Waals surface area contributed by atoms with E-state index in [0.717, 1.165) is 16.7 Å². The topological polar surface area (TPSA) is 149 Å². The Morgan fingerprint density at radius 1 is 0.957 bits per heavy atom. The minimum atomic E-state index is -5.08. The van der Waals surface area contributed by atoms with Crippen LogP contribution in [0.5, 0.6) is 0 Å². The highest BCUT2D eigenvalue weighted by Crippen LogP contribution is 2.30. The van der Waals surface area contributed by atoms with Crippen LogP contribution < -0.4 is 10.9 Å². The van der Waals surface area contributed by atoms with Crippen molar-refractivity contribution in [1.82, 2.24) is 15.0 Å². The number of aliphatic carboxylic acids is 1. The molecule has 0 aliphatic rings. The highest BCUT2D eigenvalue weighted by Gasteiger charge is 2.38. The molecule has 0 aliphatic carbocycles. The molecule has 0 aliphatic heterocycles. The quantitative estimate of drug-likeness (QED) is 0.251. The zero-order chi connectivity index (χ0) is 34.6. The van der Waals surface area contributed by atoms with Crippen molar-refractivity contribution in [2.45, 2.75) is 50.3 Å². The lowest BCUT2D eigenvalue weighted by Crippen LogP contribution is -2.33. The summed E-state index contributed by atoms with van der Waals surface area (Å²) in [5, 5.41) is 13.5. The molecule has 2 N–H and O–H groups in total. The van der Waals surface area contributed by atoms with Gasteiger partial charge in [-0.2, -0.15) is 26.3 Å². The molecule has 2 aromatic heterocycles. The fraction of sp³-hybridized carbons (Fsp3) is 0.241. The first kappa shape index (κ1) is 35.5. The van der Waals surface area contributed by atoms with Crippen molar-refractivity contribution in [3.8, 4) is 5.69 Å². The maximum Gasteiger partial charge on any atom is 0.490 e. The van der Waals surface area contributed by atoms with Crippen molar-refractivity contribution in [2.75, 3.05) is 0 Å². The number of sulfone groups is 1. The number of carbonyl (C=O) groups excluding carboxylic acids is 1. The van der Waals surface area contributed by atoms with Crippen LogP contribution in [0.4, 0.5) is 26.3 Å². The largest absolute Gasteiger partial charge is 0.490 e. The number of nitrogens with one attached hydrogen (secondary N) is 1. The van der Waals surface area contributed by atoms with E-state index in [0.29, 0.717) is 28.3 Å². The maximum absolute atomic E-state index is 13.2. The van der Waals surface area contributed by atoms with Crippen LogP contribution in [0, 0.1) is 20.8 Å². The van der Waals surface area contributed by atoms with Gasteiger partial charge in [0.25, 0.3) is 11.5 Å². The van der Waals surface area contributed by atoms with E-state index < -0.39 is 45.2 Å². The number of alkyl halides is 6. The summed E-state index contributed by atoms with van der Waals surface area (Å²) in [6.07, 6.45) is -9.67. The lowest BCUT2D eigenvalue weighted by atomic mass is 10.1. The van der Waals surface area contributed by atoms with Crippen molar-refractivity contribution in [2.24, 2.45) is 0 Å². The van der Waals surface area contributed by atoms with E-state index in [-0.39, 0.29) is 28.4 Å². The van der Waals surface area contributed by atoms with Gasteiger partial charge in [-0.25, -0.2) is 13.2 Å². The van der Waals surface area contributed by atoms with Crippen LogP contribution in [-0.4, -0.2) is 41.3 Å². The number of carboxylic acid groups (broad SMARTS) is 1. The van der Waals surface area contributed by atoms with Crippen molar-refractivity contribution < 1.29 is 54.0 Å². The average Bonchev–Trinajstić information content (AvgIpc) is 3.27. The Balaban J connectivity index is 0.000000738. The van der Waals surface area contributed by atoms with Crippen molar-refractivity contribution in [1.29, 1.82) is 0 Å². The molecule has 46 heavy (non-hydrogen) atoms. The normalized spacial score (nSPS) is 11.8. The number of carboxylic acids is 1. The van der Waals surface area contributed by atoms with Crippen molar-refractivity contribution in [3.05, 3.63) is 110 Å². The Morgan fingerprint density at radius 3 is 2.09 bits per heavy atom. The van der Waals surface area contributed by atoms with Gasteiger partial charge >= 0.3 is 18.3 Å². The molecule has 4 rings (SSSR count). The van der Waals surface area contributed by atoms with Crippen molar-refractivity contribution >= 4 is 21.7 Å². The molecular formula is C29H25F6N3O7S. The molecule has 0 spiro atoms. The van der Waals surface area contributed by atoms with E-state index in [4.69, 9.17) is 14.4 Å². The highest BCUT2D eigenvalue weighted by atomic mass is 32.2. The standard InChI is InChI=1S/C27H24F3N3O5S.C2HF3O2/c1-16-7-12-23(26(35)33(16)21-6-4-5-20(13-21)27(28,29)30)25(34)31-14-19-8-10-22(11-9-19)39(36,37)15-24-17(2)32-38-18(24)3;3-2(4,5)1(6)7/h4-13H,14-15H2,1-3H3,(H,31,34);(H,6,7). The van der Waals surface area contributed by atoms with Crippen molar-refractivity contribution in [3.63, 3.8) is 0 Å². The summed E-state index contributed by atoms with van der Waals surface area (Å²) in [6.45, 7) is 4.83. The minimum absolute atomic E-state index is 0.0140. The minimum Gasteiger partial charge on any atom is -0.475 e. The van der Waals surface area contributed by atoms with Crippen LogP contribution in [0.2, 0.25) is 0 Å². The van der Waals surface area contributed by atoms with Gasteiger partial charge in [0.2, 0.25) is 0 Å². The molecule has 0 saturated carbocycles. The summed E-state index contributed by atoms with van der Waals surface area (Å²) in [4.78, 5) is 34.9. The first-order valence-electron chi connectivity index (χ1n) is 12.9. The fourth-order valence-electron chi connectivity index (χ4n) is 4.02. The second-order valence-electron chi connectivity index (χ2n) is 9.77. The summed E-state index contributed by atoms with van der Waals surface area (Å²) >= 11 is 0. The molecular weight excluding hydrogens is 648 g/mol. The summed E-state index contributed by atoms with van der Waals surface area (Å²) in [5.41, 5.74) is -0.0361. The molecule has 0 unspecified atom stereocenters. The SMILES string of the molecule is Cc1noc(C)c1CS(=O)(=O)c1ccc(CNC(=O)c2ccc(C)n(-c3cccc(C(F)(F)F)c3)c2=O)cc1.O=C(O)C(F)(F)F. The zero-order valence-electron chi connectivity index (χ0n) is 24.2. The lowest BCUT2D eigenvalue weighted by molar-refractivity contribution is -0.192. The van der Waals surface area contributed by atoms with Gasteiger partial charge in [-0.1, -0.05) is 23.4 Å². The molecule has 0 saturated heterocycles. The Bertz CT molecular complexity index is 1890. The van der Waals surface area contributed by atoms with Crippen LogP contribution >= 0.6 is 0 Å². The van der Waals surface area contributed by atoms with Crippen LogP contribution in [0.15, 0.2) is 74.9 Å². The molecule has 0 fully saturated rings. The number of amides is 1. The molecule has 4 aromatic rings. The smallest absolute Gasteiger partial charge is 0.475 e. The molecule has 1 amide bonds. The third-order valence-electron chi connectivity index (χ3n) is 6.45.